The van der Waals surface area contributed by atoms with Gasteiger partial charge in [0.05, 0.1) is 6.10 Å². The number of nitrogens with zero attached hydrogens (tertiary/aromatic N) is 1. The highest BCUT2D eigenvalue weighted by atomic mass is 16.6. The second-order valence-electron chi connectivity index (χ2n) is 8.14. The summed E-state index contributed by atoms with van der Waals surface area (Å²) in [5, 5.41) is 21.4. The van der Waals surface area contributed by atoms with Gasteiger partial charge in [-0.2, -0.15) is 0 Å². The van der Waals surface area contributed by atoms with Crippen LogP contribution in [-0.2, 0) is 0 Å². The van der Waals surface area contributed by atoms with E-state index in [-0.39, 0.29) is 18.4 Å². The molecular weight excluding hydrogens is 366 g/mol. The van der Waals surface area contributed by atoms with Gasteiger partial charge in [-0.1, -0.05) is 36.4 Å². The fourth-order valence-corrected chi connectivity index (χ4v) is 4.52. The Morgan fingerprint density at radius 2 is 1.62 bits per heavy atom. The van der Waals surface area contributed by atoms with E-state index in [0.717, 1.165) is 42.9 Å². The maximum Gasteiger partial charge on any atom is 0.161 e. The van der Waals surface area contributed by atoms with Crippen LogP contribution in [0.2, 0.25) is 0 Å². The molecule has 2 N–H and O–H groups in total. The molecule has 0 amide bonds. The predicted molar refractivity (Wildman–Crippen MR) is 112 cm³/mol. The lowest BCUT2D eigenvalue weighted by Crippen LogP contribution is -2.32. The van der Waals surface area contributed by atoms with E-state index >= 15 is 0 Å². The summed E-state index contributed by atoms with van der Waals surface area (Å²) in [7, 11) is 0. The molecular formula is C24H31NO4. The molecule has 0 spiro atoms. The van der Waals surface area contributed by atoms with Gasteiger partial charge in [-0.3, -0.25) is 0 Å². The van der Waals surface area contributed by atoms with E-state index < -0.39 is 6.10 Å². The number of rotatable bonds is 8. The molecule has 2 aliphatic rings. The Bertz CT molecular complexity index is 776. The SMILES string of the molecule is OC[C@@H](C[C@H](CN1CCCC1)[C@H](O)c1ccc2c(c1)OCCO2)c1ccccc1. The number of aliphatic hydroxyl groups is 2. The van der Waals surface area contributed by atoms with Gasteiger partial charge >= 0.3 is 0 Å². The van der Waals surface area contributed by atoms with Crippen LogP contribution in [0.4, 0.5) is 0 Å². The third-order valence-electron chi connectivity index (χ3n) is 6.12. The van der Waals surface area contributed by atoms with E-state index in [2.05, 4.69) is 17.0 Å². The molecule has 2 heterocycles. The van der Waals surface area contributed by atoms with Gasteiger partial charge in [0, 0.05) is 25.0 Å². The average Bonchev–Trinajstić information content (AvgIpc) is 3.29. The predicted octanol–water partition coefficient (Wildman–Crippen LogP) is 3.37. The molecule has 3 atom stereocenters. The molecule has 2 aromatic rings. The Morgan fingerprint density at radius 3 is 2.34 bits per heavy atom. The highest BCUT2D eigenvalue weighted by molar-refractivity contribution is 5.44. The standard InChI is InChI=1S/C24H31NO4/c26-17-21(18-6-2-1-3-7-18)14-20(16-25-10-4-5-11-25)24(27)19-8-9-22-23(15-19)29-13-12-28-22/h1-3,6-9,15,20-21,24,26-27H,4-5,10-14,16-17H2/t20-,21-,24-/m1/s1. The molecule has 2 aromatic carbocycles. The van der Waals surface area contributed by atoms with E-state index in [1.54, 1.807) is 0 Å². The van der Waals surface area contributed by atoms with Crippen molar-refractivity contribution in [2.24, 2.45) is 5.92 Å². The molecule has 29 heavy (non-hydrogen) atoms. The highest BCUT2D eigenvalue weighted by Crippen LogP contribution is 2.37. The largest absolute Gasteiger partial charge is 0.486 e. The van der Waals surface area contributed by atoms with E-state index in [9.17, 15) is 10.2 Å². The Kier molecular flexibility index (Phi) is 6.70. The van der Waals surface area contributed by atoms with Crippen LogP contribution in [0.5, 0.6) is 11.5 Å². The third-order valence-corrected chi connectivity index (χ3v) is 6.12. The van der Waals surface area contributed by atoms with E-state index in [4.69, 9.17) is 9.47 Å². The lowest BCUT2D eigenvalue weighted by Gasteiger charge is -2.31. The summed E-state index contributed by atoms with van der Waals surface area (Å²) in [4.78, 5) is 2.44. The van der Waals surface area contributed by atoms with Gasteiger partial charge in [-0.05, 0) is 55.6 Å². The van der Waals surface area contributed by atoms with Crippen LogP contribution >= 0.6 is 0 Å². The number of hydrogen-bond acceptors (Lipinski definition) is 5. The molecule has 0 saturated carbocycles. The smallest absolute Gasteiger partial charge is 0.161 e. The van der Waals surface area contributed by atoms with Crippen molar-refractivity contribution < 1.29 is 19.7 Å². The van der Waals surface area contributed by atoms with E-state index in [0.29, 0.717) is 19.0 Å². The highest BCUT2D eigenvalue weighted by Gasteiger charge is 2.29. The summed E-state index contributed by atoms with van der Waals surface area (Å²) in [6, 6.07) is 15.9. The fraction of sp³-hybridized carbons (Fsp3) is 0.500. The number of benzene rings is 2. The van der Waals surface area contributed by atoms with Crippen molar-refractivity contribution >= 4 is 0 Å². The molecule has 0 aliphatic carbocycles. The summed E-state index contributed by atoms with van der Waals surface area (Å²) < 4.78 is 11.3. The first kappa shape index (κ1) is 20.2. The van der Waals surface area contributed by atoms with Gasteiger partial charge in [0.15, 0.2) is 11.5 Å². The van der Waals surface area contributed by atoms with Crippen LogP contribution in [0.1, 0.15) is 42.4 Å². The Labute approximate surface area is 172 Å². The summed E-state index contributed by atoms with van der Waals surface area (Å²) >= 11 is 0. The maximum atomic E-state index is 11.3. The minimum atomic E-state index is -0.621. The van der Waals surface area contributed by atoms with Crippen molar-refractivity contribution in [3.63, 3.8) is 0 Å². The minimum Gasteiger partial charge on any atom is -0.486 e. The van der Waals surface area contributed by atoms with Crippen molar-refractivity contribution in [1.29, 1.82) is 0 Å². The molecule has 4 rings (SSSR count). The summed E-state index contributed by atoms with van der Waals surface area (Å²) in [5.41, 5.74) is 1.97. The van der Waals surface area contributed by atoms with Crippen LogP contribution in [-0.4, -0.2) is 54.6 Å². The van der Waals surface area contributed by atoms with Crippen LogP contribution in [0, 0.1) is 5.92 Å². The molecule has 2 aliphatic heterocycles. The molecule has 0 aromatic heterocycles. The van der Waals surface area contributed by atoms with E-state index in [1.807, 2.05) is 36.4 Å². The van der Waals surface area contributed by atoms with Gasteiger partial charge in [0.25, 0.3) is 0 Å². The van der Waals surface area contributed by atoms with Gasteiger partial charge in [0.1, 0.15) is 13.2 Å². The van der Waals surface area contributed by atoms with Crippen molar-refractivity contribution in [2.75, 3.05) is 39.5 Å². The van der Waals surface area contributed by atoms with Gasteiger partial charge in [-0.15, -0.1) is 0 Å². The quantitative estimate of drug-likeness (QED) is 0.715. The van der Waals surface area contributed by atoms with Crippen molar-refractivity contribution in [3.05, 3.63) is 59.7 Å². The maximum absolute atomic E-state index is 11.3. The summed E-state index contributed by atoms with van der Waals surface area (Å²) in [5.74, 6) is 1.47. The molecule has 0 radical (unpaired) electrons. The lowest BCUT2D eigenvalue weighted by molar-refractivity contribution is 0.0695. The molecule has 1 fully saturated rings. The zero-order valence-electron chi connectivity index (χ0n) is 16.9. The Morgan fingerprint density at radius 1 is 0.897 bits per heavy atom. The second-order valence-corrected chi connectivity index (χ2v) is 8.14. The molecule has 0 unspecified atom stereocenters. The average molecular weight is 398 g/mol. The lowest BCUT2D eigenvalue weighted by atomic mass is 9.83. The number of fused-ring (bicyclic) bond motifs is 1. The third kappa shape index (κ3) is 4.92. The van der Waals surface area contributed by atoms with Crippen LogP contribution in [0.15, 0.2) is 48.5 Å². The number of likely N-dealkylation sites (tertiary alicyclic amines) is 1. The first-order chi connectivity index (χ1) is 14.2. The molecule has 5 nitrogen and oxygen atoms in total. The topological polar surface area (TPSA) is 62.2 Å². The van der Waals surface area contributed by atoms with Crippen LogP contribution in [0.25, 0.3) is 0 Å². The fourth-order valence-electron chi connectivity index (χ4n) is 4.52. The zero-order valence-corrected chi connectivity index (χ0v) is 16.9. The number of hydrogen-bond donors (Lipinski definition) is 2. The zero-order chi connectivity index (χ0) is 20.1. The van der Waals surface area contributed by atoms with Gasteiger partial charge in [0.2, 0.25) is 0 Å². The Balaban J connectivity index is 1.55. The molecule has 156 valence electrons. The molecule has 0 bridgehead atoms. The van der Waals surface area contributed by atoms with Crippen molar-refractivity contribution in [3.8, 4) is 11.5 Å². The Hall–Kier alpha value is -2.08. The molecule has 1 saturated heterocycles. The van der Waals surface area contributed by atoms with Crippen LogP contribution < -0.4 is 9.47 Å². The summed E-state index contributed by atoms with van der Waals surface area (Å²) in [6.07, 6.45) is 2.54. The first-order valence-electron chi connectivity index (χ1n) is 10.7. The monoisotopic (exact) mass is 397 g/mol. The van der Waals surface area contributed by atoms with Crippen molar-refractivity contribution in [2.45, 2.75) is 31.3 Å². The van der Waals surface area contributed by atoms with Crippen LogP contribution in [0.3, 0.4) is 0 Å². The number of ether oxygens (including phenoxy) is 2. The minimum absolute atomic E-state index is 0.00987. The normalized spacial score (nSPS) is 19.7. The second kappa shape index (κ2) is 9.61. The molecule has 5 heteroatoms. The van der Waals surface area contributed by atoms with Gasteiger partial charge < -0.3 is 24.6 Å². The summed E-state index contributed by atoms with van der Waals surface area (Å²) in [6.45, 7) is 4.17. The van der Waals surface area contributed by atoms with Gasteiger partial charge in [-0.25, -0.2) is 0 Å². The first-order valence-corrected chi connectivity index (χ1v) is 10.7. The van der Waals surface area contributed by atoms with E-state index in [1.165, 1.54) is 12.8 Å². The van der Waals surface area contributed by atoms with Crippen molar-refractivity contribution in [1.82, 2.24) is 4.90 Å². The number of aliphatic hydroxyl groups excluding tert-OH is 2.